The molecule has 1 aliphatic rings. The number of benzene rings is 3. The van der Waals surface area contributed by atoms with Gasteiger partial charge in [0.05, 0.1) is 11.4 Å². The lowest BCUT2D eigenvalue weighted by molar-refractivity contribution is 0.0961. The highest BCUT2D eigenvalue weighted by atomic mass is 32.2. The number of aliphatic hydroxyl groups is 1. The standard InChI is InChI=1S/C26H23FN4O5S/c1-14-6-5-7-16(12-14)23(33)22(26-29-19-8-3-4-9-20(19)30-26)24(34)17-10-11-18(27)21(13-17)37(35,36)31-25(28)15(2)32/h3-13,15,29-30,32H,1-2H3,(H2,28,31)/t15-/m1/s1. The van der Waals surface area contributed by atoms with E-state index in [2.05, 4.69) is 10.6 Å². The SMILES string of the molecule is Cc1cccc(C(=O)C(C(=O)c2ccc(F)c(S(=O)(=O)NC(=N)[C@@H](C)O)c2)=C2Nc3ccccc3N2)c1. The minimum absolute atomic E-state index is 0.0976. The highest BCUT2D eigenvalue weighted by Crippen LogP contribution is 2.33. The van der Waals surface area contributed by atoms with Crippen molar-refractivity contribution in [1.82, 2.24) is 4.72 Å². The fraction of sp³-hybridized carbons (Fsp3) is 0.115. The summed E-state index contributed by atoms with van der Waals surface area (Å²) in [6.45, 7) is 2.96. The smallest absolute Gasteiger partial charge is 0.265 e. The van der Waals surface area contributed by atoms with Crippen molar-refractivity contribution in [3.05, 3.63) is 101 Å². The number of ketones is 2. The molecule has 1 heterocycles. The Labute approximate surface area is 212 Å². The van der Waals surface area contributed by atoms with Crippen LogP contribution in [0, 0.1) is 18.2 Å². The van der Waals surface area contributed by atoms with Crippen molar-refractivity contribution in [3.8, 4) is 0 Å². The molecule has 0 unspecified atom stereocenters. The first-order chi connectivity index (χ1) is 17.5. The number of carbonyl (C=O) groups is 2. The summed E-state index contributed by atoms with van der Waals surface area (Å²) in [5.74, 6) is -3.33. The van der Waals surface area contributed by atoms with E-state index in [-0.39, 0.29) is 22.5 Å². The fourth-order valence-electron chi connectivity index (χ4n) is 3.67. The highest BCUT2D eigenvalue weighted by molar-refractivity contribution is 7.90. The number of halogens is 1. The van der Waals surface area contributed by atoms with Gasteiger partial charge in [-0.3, -0.25) is 19.7 Å². The lowest BCUT2D eigenvalue weighted by Crippen LogP contribution is -2.37. The number of nitrogens with one attached hydrogen (secondary N) is 4. The second-order valence-corrected chi connectivity index (χ2v) is 10.1. The van der Waals surface area contributed by atoms with Crippen LogP contribution in [-0.2, 0) is 10.0 Å². The summed E-state index contributed by atoms with van der Waals surface area (Å²) in [5.41, 5.74) is 1.71. The number of allylic oxidation sites excluding steroid dienone is 1. The number of carbonyl (C=O) groups excluding carboxylic acids is 2. The molecule has 0 radical (unpaired) electrons. The molecule has 4 rings (SSSR count). The summed E-state index contributed by atoms with van der Waals surface area (Å²) in [7, 11) is -4.65. The first-order valence-corrected chi connectivity index (χ1v) is 12.6. The third-order valence-electron chi connectivity index (χ3n) is 5.58. The Balaban J connectivity index is 1.81. The quantitative estimate of drug-likeness (QED) is 0.0795. The summed E-state index contributed by atoms with van der Waals surface area (Å²) in [6, 6.07) is 16.3. The third kappa shape index (κ3) is 5.27. The average molecular weight is 523 g/mol. The molecule has 11 heteroatoms. The Bertz CT molecular complexity index is 1550. The van der Waals surface area contributed by atoms with Gasteiger partial charge < -0.3 is 15.7 Å². The zero-order valence-electron chi connectivity index (χ0n) is 19.8. The molecule has 37 heavy (non-hydrogen) atoms. The lowest BCUT2D eigenvalue weighted by atomic mass is 9.94. The molecule has 0 aromatic heterocycles. The number of sulfonamides is 1. The lowest BCUT2D eigenvalue weighted by Gasteiger charge is -2.14. The highest BCUT2D eigenvalue weighted by Gasteiger charge is 2.31. The molecule has 9 nitrogen and oxygen atoms in total. The number of aryl methyl sites for hydroxylation is 1. The van der Waals surface area contributed by atoms with Crippen molar-refractivity contribution in [3.63, 3.8) is 0 Å². The summed E-state index contributed by atoms with van der Waals surface area (Å²) in [6.07, 6.45) is -1.45. The molecule has 0 saturated carbocycles. The molecule has 0 spiro atoms. The molecule has 0 saturated heterocycles. The van der Waals surface area contributed by atoms with Gasteiger partial charge in [-0.05, 0) is 50.2 Å². The van der Waals surface area contributed by atoms with Gasteiger partial charge in [0.1, 0.15) is 34.0 Å². The number of anilines is 2. The van der Waals surface area contributed by atoms with E-state index >= 15 is 0 Å². The zero-order chi connectivity index (χ0) is 26.9. The summed E-state index contributed by atoms with van der Waals surface area (Å²) in [4.78, 5) is 26.4. The van der Waals surface area contributed by atoms with Gasteiger partial charge in [-0.2, -0.15) is 0 Å². The van der Waals surface area contributed by atoms with Gasteiger partial charge >= 0.3 is 0 Å². The van der Waals surface area contributed by atoms with Crippen molar-refractivity contribution in [2.45, 2.75) is 24.8 Å². The molecular formula is C26H23FN4O5S. The van der Waals surface area contributed by atoms with Gasteiger partial charge in [0, 0.05) is 11.1 Å². The van der Waals surface area contributed by atoms with Crippen LogP contribution in [-0.4, -0.2) is 37.0 Å². The number of fused-ring (bicyclic) bond motifs is 1. The molecule has 1 aliphatic heterocycles. The molecule has 1 atom stereocenters. The normalized spacial score (nSPS) is 13.1. The van der Waals surface area contributed by atoms with Gasteiger partial charge in [-0.1, -0.05) is 35.9 Å². The number of aliphatic hydroxyl groups excluding tert-OH is 1. The van der Waals surface area contributed by atoms with Crippen LogP contribution in [0.2, 0.25) is 0 Å². The molecule has 190 valence electrons. The summed E-state index contributed by atoms with van der Waals surface area (Å²) in [5, 5.41) is 23.0. The van der Waals surface area contributed by atoms with E-state index in [1.807, 2.05) is 0 Å². The number of hydrogen-bond acceptors (Lipinski definition) is 8. The fourth-order valence-corrected chi connectivity index (χ4v) is 4.84. The van der Waals surface area contributed by atoms with E-state index < -0.39 is 44.2 Å². The minimum atomic E-state index is -4.65. The van der Waals surface area contributed by atoms with E-state index in [0.717, 1.165) is 30.7 Å². The number of Topliss-reactive ketones (excluding diaryl/α,β-unsaturated/α-hetero) is 2. The first-order valence-electron chi connectivity index (χ1n) is 11.1. The molecule has 3 aromatic carbocycles. The van der Waals surface area contributed by atoms with Crippen LogP contribution < -0.4 is 15.4 Å². The maximum absolute atomic E-state index is 14.6. The van der Waals surface area contributed by atoms with E-state index in [1.54, 1.807) is 60.2 Å². The first kappa shape index (κ1) is 25.7. The van der Waals surface area contributed by atoms with Crippen molar-refractivity contribution in [2.24, 2.45) is 0 Å². The van der Waals surface area contributed by atoms with Crippen LogP contribution >= 0.6 is 0 Å². The average Bonchev–Trinajstić information content (AvgIpc) is 3.27. The van der Waals surface area contributed by atoms with Crippen molar-refractivity contribution in [1.29, 1.82) is 5.41 Å². The van der Waals surface area contributed by atoms with Crippen molar-refractivity contribution >= 4 is 38.8 Å². The van der Waals surface area contributed by atoms with Gasteiger partial charge in [0.15, 0.2) is 0 Å². The Morgan fingerprint density at radius 1 is 0.946 bits per heavy atom. The topological polar surface area (TPSA) is 148 Å². The molecule has 0 bridgehead atoms. The Hall–Kier alpha value is -4.35. The number of rotatable bonds is 7. The Kier molecular flexibility index (Phi) is 6.92. The number of amidine groups is 1. The van der Waals surface area contributed by atoms with Crippen LogP contribution in [0.1, 0.15) is 33.2 Å². The summed E-state index contributed by atoms with van der Waals surface area (Å²) < 4.78 is 41.7. The predicted octanol–water partition coefficient (Wildman–Crippen LogP) is 3.59. The maximum atomic E-state index is 14.6. The molecule has 3 aromatic rings. The number of para-hydroxylation sites is 2. The van der Waals surface area contributed by atoms with Crippen LogP contribution in [0.5, 0.6) is 0 Å². The largest absolute Gasteiger partial charge is 0.385 e. The van der Waals surface area contributed by atoms with Crippen LogP contribution in [0.15, 0.2) is 83.0 Å². The second-order valence-electron chi connectivity index (χ2n) is 8.41. The molecule has 0 amide bonds. The molecule has 0 aliphatic carbocycles. The molecule has 0 fully saturated rings. The third-order valence-corrected chi connectivity index (χ3v) is 6.96. The van der Waals surface area contributed by atoms with Gasteiger partial charge in [0.25, 0.3) is 10.0 Å². The van der Waals surface area contributed by atoms with E-state index in [9.17, 15) is 27.5 Å². The van der Waals surface area contributed by atoms with Crippen molar-refractivity contribution in [2.75, 3.05) is 10.6 Å². The minimum Gasteiger partial charge on any atom is -0.385 e. The van der Waals surface area contributed by atoms with E-state index in [4.69, 9.17) is 5.41 Å². The van der Waals surface area contributed by atoms with E-state index in [1.165, 1.54) is 0 Å². The van der Waals surface area contributed by atoms with Gasteiger partial charge in [0.2, 0.25) is 11.6 Å². The Morgan fingerprint density at radius 2 is 1.54 bits per heavy atom. The monoisotopic (exact) mass is 522 g/mol. The summed E-state index contributed by atoms with van der Waals surface area (Å²) >= 11 is 0. The Morgan fingerprint density at radius 3 is 2.11 bits per heavy atom. The van der Waals surface area contributed by atoms with Gasteiger partial charge in [-0.25, -0.2) is 12.8 Å². The maximum Gasteiger partial charge on any atom is 0.265 e. The zero-order valence-corrected chi connectivity index (χ0v) is 20.6. The van der Waals surface area contributed by atoms with Crippen LogP contribution in [0.3, 0.4) is 0 Å². The van der Waals surface area contributed by atoms with E-state index in [0.29, 0.717) is 11.4 Å². The number of hydrogen-bond donors (Lipinski definition) is 5. The molecular weight excluding hydrogens is 499 g/mol. The van der Waals surface area contributed by atoms with Crippen molar-refractivity contribution < 1.29 is 27.5 Å². The second kappa shape index (κ2) is 9.96. The van der Waals surface area contributed by atoms with Crippen LogP contribution in [0.4, 0.5) is 15.8 Å². The molecule has 5 N–H and O–H groups in total. The predicted molar refractivity (Wildman–Crippen MR) is 137 cm³/mol. The van der Waals surface area contributed by atoms with Gasteiger partial charge in [-0.15, -0.1) is 0 Å². The van der Waals surface area contributed by atoms with Crippen LogP contribution in [0.25, 0.3) is 0 Å².